The first-order chi connectivity index (χ1) is 8.74. The molecule has 1 unspecified atom stereocenters. The van der Waals surface area contributed by atoms with Crippen LogP contribution in [0.15, 0.2) is 23.6 Å². The molecular weight excluding hydrogens is 244 g/mol. The zero-order valence-electron chi connectivity index (χ0n) is 10.3. The highest BCUT2D eigenvalue weighted by Gasteiger charge is 2.13. The fourth-order valence-corrected chi connectivity index (χ4v) is 2.94. The first-order valence-electron chi connectivity index (χ1n) is 6.21. The minimum atomic E-state index is 0.00436. The second kappa shape index (κ2) is 4.71. The number of fused-ring (bicyclic) bond motifs is 1. The molecule has 1 atom stereocenters. The molecule has 1 aliphatic heterocycles. The molecule has 1 aromatic heterocycles. The summed E-state index contributed by atoms with van der Waals surface area (Å²) in [5, 5.41) is 3.06. The number of rotatable bonds is 2. The van der Waals surface area contributed by atoms with Crippen LogP contribution in [-0.4, -0.2) is 11.6 Å². The van der Waals surface area contributed by atoms with Crippen LogP contribution in [0.5, 0.6) is 5.75 Å². The van der Waals surface area contributed by atoms with E-state index in [0.717, 1.165) is 41.5 Å². The Balaban J connectivity index is 1.95. The Morgan fingerprint density at radius 2 is 2.33 bits per heavy atom. The molecule has 1 aliphatic rings. The predicted molar refractivity (Wildman–Crippen MR) is 74.0 cm³/mol. The highest BCUT2D eigenvalue weighted by Crippen LogP contribution is 2.31. The molecule has 2 N–H and O–H groups in total. The van der Waals surface area contributed by atoms with Gasteiger partial charge < -0.3 is 10.5 Å². The largest absolute Gasteiger partial charge is 0.493 e. The van der Waals surface area contributed by atoms with Gasteiger partial charge in [0, 0.05) is 10.9 Å². The van der Waals surface area contributed by atoms with Crippen molar-refractivity contribution >= 4 is 11.3 Å². The van der Waals surface area contributed by atoms with Crippen LogP contribution < -0.4 is 10.5 Å². The van der Waals surface area contributed by atoms with Gasteiger partial charge in [0.2, 0.25) is 0 Å². The van der Waals surface area contributed by atoms with Gasteiger partial charge in [-0.3, -0.25) is 0 Å². The summed E-state index contributed by atoms with van der Waals surface area (Å²) in [6, 6.07) is 6.32. The fraction of sp³-hybridized carbons (Fsp3) is 0.357. The van der Waals surface area contributed by atoms with Crippen molar-refractivity contribution in [2.45, 2.75) is 25.8 Å². The normalized spacial score (nSPS) is 15.9. The van der Waals surface area contributed by atoms with Gasteiger partial charge in [-0.1, -0.05) is 0 Å². The van der Waals surface area contributed by atoms with Crippen LogP contribution in [0.4, 0.5) is 0 Å². The molecule has 94 valence electrons. The second-order valence-corrected chi connectivity index (χ2v) is 5.52. The maximum absolute atomic E-state index is 5.84. The topological polar surface area (TPSA) is 48.1 Å². The Morgan fingerprint density at radius 3 is 3.11 bits per heavy atom. The third-order valence-corrected chi connectivity index (χ3v) is 4.16. The Kier molecular flexibility index (Phi) is 3.06. The molecule has 2 heterocycles. The van der Waals surface area contributed by atoms with Crippen molar-refractivity contribution in [3.8, 4) is 17.0 Å². The predicted octanol–water partition coefficient (Wildman–Crippen LogP) is 3.15. The summed E-state index contributed by atoms with van der Waals surface area (Å²) < 4.78 is 5.62. The van der Waals surface area contributed by atoms with Crippen molar-refractivity contribution in [1.82, 2.24) is 4.98 Å². The van der Waals surface area contributed by atoms with Gasteiger partial charge in [0.25, 0.3) is 0 Å². The van der Waals surface area contributed by atoms with Crippen molar-refractivity contribution in [1.29, 1.82) is 0 Å². The van der Waals surface area contributed by atoms with Crippen LogP contribution in [0.25, 0.3) is 11.3 Å². The lowest BCUT2D eigenvalue weighted by Crippen LogP contribution is -2.08. The van der Waals surface area contributed by atoms with Crippen LogP contribution in [-0.2, 0) is 6.42 Å². The maximum atomic E-state index is 5.84. The molecule has 2 aromatic rings. The molecule has 0 radical (unpaired) electrons. The lowest BCUT2D eigenvalue weighted by Gasteiger charge is -2.17. The fourth-order valence-electron chi connectivity index (χ4n) is 2.15. The van der Waals surface area contributed by atoms with Gasteiger partial charge in [0.1, 0.15) is 10.8 Å². The van der Waals surface area contributed by atoms with Crippen LogP contribution >= 0.6 is 11.3 Å². The monoisotopic (exact) mass is 260 g/mol. The summed E-state index contributed by atoms with van der Waals surface area (Å²) in [7, 11) is 0. The number of nitrogens with zero attached hydrogens (tertiary/aromatic N) is 1. The molecule has 0 fully saturated rings. The van der Waals surface area contributed by atoms with Gasteiger partial charge in [-0.15, -0.1) is 11.3 Å². The molecule has 0 saturated carbocycles. The van der Waals surface area contributed by atoms with Gasteiger partial charge in [-0.05, 0) is 43.5 Å². The molecule has 0 amide bonds. The number of aryl methyl sites for hydroxylation is 1. The number of aromatic nitrogens is 1. The Labute approximate surface area is 111 Å². The summed E-state index contributed by atoms with van der Waals surface area (Å²) in [6.07, 6.45) is 2.19. The van der Waals surface area contributed by atoms with Crippen molar-refractivity contribution in [3.05, 3.63) is 34.2 Å². The average molecular weight is 260 g/mol. The summed E-state index contributed by atoms with van der Waals surface area (Å²) in [5.41, 5.74) is 9.30. The van der Waals surface area contributed by atoms with Gasteiger partial charge in [0.05, 0.1) is 18.3 Å². The van der Waals surface area contributed by atoms with E-state index in [1.165, 1.54) is 5.56 Å². The second-order valence-electron chi connectivity index (χ2n) is 4.63. The van der Waals surface area contributed by atoms with Crippen molar-refractivity contribution in [2.75, 3.05) is 6.61 Å². The van der Waals surface area contributed by atoms with Crippen LogP contribution in [0.2, 0.25) is 0 Å². The minimum absolute atomic E-state index is 0.00436. The number of hydrogen-bond acceptors (Lipinski definition) is 4. The molecule has 3 rings (SSSR count). The molecule has 0 saturated heterocycles. The highest BCUT2D eigenvalue weighted by atomic mass is 32.1. The van der Waals surface area contributed by atoms with Crippen molar-refractivity contribution in [3.63, 3.8) is 0 Å². The summed E-state index contributed by atoms with van der Waals surface area (Å²) >= 11 is 1.62. The molecule has 4 heteroatoms. The summed E-state index contributed by atoms with van der Waals surface area (Å²) in [6.45, 7) is 2.79. The minimum Gasteiger partial charge on any atom is -0.493 e. The van der Waals surface area contributed by atoms with E-state index in [-0.39, 0.29) is 6.04 Å². The zero-order valence-corrected chi connectivity index (χ0v) is 11.2. The van der Waals surface area contributed by atoms with Crippen LogP contribution in [0.1, 0.15) is 30.0 Å². The molecule has 0 bridgehead atoms. The van der Waals surface area contributed by atoms with Crippen molar-refractivity contribution < 1.29 is 4.74 Å². The molecule has 18 heavy (non-hydrogen) atoms. The van der Waals surface area contributed by atoms with Gasteiger partial charge >= 0.3 is 0 Å². The Morgan fingerprint density at radius 1 is 1.44 bits per heavy atom. The first-order valence-corrected chi connectivity index (χ1v) is 7.09. The number of nitrogens with two attached hydrogens (primary N) is 1. The van der Waals surface area contributed by atoms with E-state index in [1.54, 1.807) is 11.3 Å². The standard InChI is InChI=1S/C14H16N2OS/c1-9(15)14-16-12(8-18-14)10-4-5-13-11(7-10)3-2-6-17-13/h4-5,7-9H,2-3,6,15H2,1H3. The van der Waals surface area contributed by atoms with E-state index in [0.29, 0.717) is 0 Å². The zero-order chi connectivity index (χ0) is 12.5. The smallest absolute Gasteiger partial charge is 0.122 e. The van der Waals surface area contributed by atoms with E-state index in [9.17, 15) is 0 Å². The Bertz CT molecular complexity index is 563. The van der Waals surface area contributed by atoms with E-state index >= 15 is 0 Å². The number of ether oxygens (including phenoxy) is 1. The number of benzene rings is 1. The van der Waals surface area contributed by atoms with E-state index < -0.39 is 0 Å². The van der Waals surface area contributed by atoms with Crippen molar-refractivity contribution in [2.24, 2.45) is 5.73 Å². The number of hydrogen-bond donors (Lipinski definition) is 1. The number of thiazole rings is 1. The van der Waals surface area contributed by atoms with Crippen LogP contribution in [0.3, 0.4) is 0 Å². The first kappa shape index (κ1) is 11.7. The van der Waals surface area contributed by atoms with Crippen LogP contribution in [0, 0.1) is 0 Å². The molecule has 0 aliphatic carbocycles. The Hall–Kier alpha value is -1.39. The van der Waals surface area contributed by atoms with Gasteiger partial charge in [-0.25, -0.2) is 4.98 Å². The lowest BCUT2D eigenvalue weighted by molar-refractivity contribution is 0.288. The van der Waals surface area contributed by atoms with E-state index in [1.807, 2.05) is 6.92 Å². The highest BCUT2D eigenvalue weighted by molar-refractivity contribution is 7.10. The summed E-state index contributed by atoms with van der Waals surface area (Å²) in [4.78, 5) is 4.58. The molecule has 3 nitrogen and oxygen atoms in total. The van der Waals surface area contributed by atoms with Gasteiger partial charge in [-0.2, -0.15) is 0 Å². The lowest BCUT2D eigenvalue weighted by atomic mass is 10.0. The van der Waals surface area contributed by atoms with E-state index in [2.05, 4.69) is 28.6 Å². The summed E-state index contributed by atoms with van der Waals surface area (Å²) in [5.74, 6) is 1.02. The molecule has 0 spiro atoms. The average Bonchev–Trinajstić information content (AvgIpc) is 2.88. The molecular formula is C14H16N2OS. The quantitative estimate of drug-likeness (QED) is 0.902. The van der Waals surface area contributed by atoms with E-state index in [4.69, 9.17) is 10.5 Å². The SMILES string of the molecule is CC(N)c1nc(-c2ccc3c(c2)CCCO3)cs1. The maximum Gasteiger partial charge on any atom is 0.122 e. The van der Waals surface area contributed by atoms with Gasteiger partial charge in [0.15, 0.2) is 0 Å². The third-order valence-electron chi connectivity index (χ3n) is 3.12. The third kappa shape index (κ3) is 2.13. The molecule has 1 aromatic carbocycles.